The van der Waals surface area contributed by atoms with Crippen LogP contribution in [-0.2, 0) is 73.3 Å². The SMILES string of the molecule is COC(=O)[C@]1(OC(C)=O)C[C@H](OC(C)=O)[C@@H](NC(=O)OCc2ccccc2)[C@H]([C@H](OC(C)=O)[C@@H](COC(C)=O)OC(C)=O)O1. The van der Waals surface area contributed by atoms with Gasteiger partial charge in [-0.1, -0.05) is 30.3 Å². The number of carbonyl (C=O) groups is 7. The molecule has 1 amide bonds. The zero-order valence-corrected chi connectivity index (χ0v) is 25.0. The molecule has 1 N–H and O–H groups in total. The zero-order valence-electron chi connectivity index (χ0n) is 25.0. The van der Waals surface area contributed by atoms with E-state index in [0.717, 1.165) is 41.7 Å². The van der Waals surface area contributed by atoms with Gasteiger partial charge in [-0.25, -0.2) is 9.59 Å². The van der Waals surface area contributed by atoms with Crippen LogP contribution in [0.4, 0.5) is 4.79 Å². The van der Waals surface area contributed by atoms with Crippen molar-refractivity contribution in [3.8, 4) is 0 Å². The Kier molecular flexibility index (Phi) is 13.1. The summed E-state index contributed by atoms with van der Waals surface area (Å²) < 4.78 is 42.5. The highest BCUT2D eigenvalue weighted by Crippen LogP contribution is 2.37. The van der Waals surface area contributed by atoms with Crippen LogP contribution in [0.1, 0.15) is 46.6 Å². The van der Waals surface area contributed by atoms with E-state index in [0.29, 0.717) is 5.56 Å². The maximum Gasteiger partial charge on any atom is 0.407 e. The van der Waals surface area contributed by atoms with Crippen LogP contribution in [0.3, 0.4) is 0 Å². The van der Waals surface area contributed by atoms with Crippen LogP contribution >= 0.6 is 0 Å². The normalized spacial score (nSPS) is 22.2. The Balaban J connectivity index is 2.68. The smallest absolute Gasteiger partial charge is 0.407 e. The molecule has 0 spiro atoms. The molecule has 16 nitrogen and oxygen atoms in total. The van der Waals surface area contributed by atoms with Gasteiger partial charge < -0.3 is 43.2 Å². The summed E-state index contributed by atoms with van der Waals surface area (Å²) >= 11 is 0. The van der Waals surface area contributed by atoms with Gasteiger partial charge in [0.25, 0.3) is 0 Å². The van der Waals surface area contributed by atoms with Crippen LogP contribution in [0.25, 0.3) is 0 Å². The van der Waals surface area contributed by atoms with Crippen molar-refractivity contribution in [2.75, 3.05) is 13.7 Å². The van der Waals surface area contributed by atoms with Gasteiger partial charge in [0.05, 0.1) is 19.6 Å². The number of hydrogen-bond acceptors (Lipinski definition) is 15. The van der Waals surface area contributed by atoms with Gasteiger partial charge in [-0.2, -0.15) is 0 Å². The number of hydrogen-bond donors (Lipinski definition) is 1. The molecule has 1 fully saturated rings. The Hall–Kier alpha value is -4.73. The molecule has 0 aliphatic carbocycles. The van der Waals surface area contributed by atoms with Crippen molar-refractivity contribution < 1.29 is 71.5 Å². The highest BCUT2D eigenvalue weighted by Gasteiger charge is 2.60. The molecule has 0 aromatic heterocycles. The van der Waals surface area contributed by atoms with Crippen molar-refractivity contribution in [3.05, 3.63) is 35.9 Å². The quantitative estimate of drug-likeness (QED) is 0.253. The molecular formula is C28H35NO15. The Morgan fingerprint density at radius 2 is 1.50 bits per heavy atom. The van der Waals surface area contributed by atoms with Gasteiger partial charge in [-0.15, -0.1) is 0 Å². The maximum absolute atomic E-state index is 13.1. The van der Waals surface area contributed by atoms with E-state index in [1.807, 2.05) is 0 Å². The monoisotopic (exact) mass is 625 g/mol. The third kappa shape index (κ3) is 10.5. The summed E-state index contributed by atoms with van der Waals surface area (Å²) in [6.45, 7) is 4.20. The molecule has 1 aromatic rings. The molecule has 16 heteroatoms. The van der Waals surface area contributed by atoms with Gasteiger partial charge in [0.15, 0.2) is 12.2 Å². The van der Waals surface area contributed by atoms with Gasteiger partial charge in [0.2, 0.25) is 0 Å². The summed E-state index contributed by atoms with van der Waals surface area (Å²) in [5.41, 5.74) is 0.629. The fourth-order valence-corrected chi connectivity index (χ4v) is 4.40. The molecule has 242 valence electrons. The van der Waals surface area contributed by atoms with E-state index in [2.05, 4.69) is 5.32 Å². The molecule has 1 heterocycles. The van der Waals surface area contributed by atoms with E-state index in [1.54, 1.807) is 30.3 Å². The summed E-state index contributed by atoms with van der Waals surface area (Å²) in [6, 6.07) is 7.08. The van der Waals surface area contributed by atoms with Gasteiger partial charge >= 0.3 is 47.7 Å². The topological polar surface area (TPSA) is 205 Å². The fraction of sp³-hybridized carbons (Fsp3) is 0.536. The lowest BCUT2D eigenvalue weighted by Crippen LogP contribution is -2.69. The largest absolute Gasteiger partial charge is 0.464 e. The summed E-state index contributed by atoms with van der Waals surface area (Å²) in [5, 5.41) is 2.47. The number of nitrogens with one attached hydrogen (secondary N) is 1. The van der Waals surface area contributed by atoms with Crippen LogP contribution in [0.2, 0.25) is 0 Å². The number of methoxy groups -OCH3 is 1. The van der Waals surface area contributed by atoms with E-state index in [4.69, 9.17) is 37.9 Å². The molecule has 1 aliphatic heterocycles. The van der Waals surface area contributed by atoms with E-state index in [9.17, 15) is 33.6 Å². The summed E-state index contributed by atoms with van der Waals surface area (Å²) in [6.07, 6.45) is -8.49. The molecule has 0 radical (unpaired) electrons. The van der Waals surface area contributed by atoms with Crippen LogP contribution in [0.5, 0.6) is 0 Å². The lowest BCUT2D eigenvalue weighted by atomic mass is 9.88. The molecule has 0 bridgehead atoms. The van der Waals surface area contributed by atoms with E-state index in [1.165, 1.54) is 0 Å². The Morgan fingerprint density at radius 1 is 0.864 bits per heavy atom. The molecule has 0 unspecified atom stereocenters. The van der Waals surface area contributed by atoms with Crippen molar-refractivity contribution >= 4 is 41.9 Å². The van der Waals surface area contributed by atoms with Crippen molar-refractivity contribution in [1.82, 2.24) is 5.32 Å². The minimum Gasteiger partial charge on any atom is -0.464 e. The number of benzene rings is 1. The van der Waals surface area contributed by atoms with Gasteiger partial charge in [-0.05, 0) is 5.56 Å². The van der Waals surface area contributed by atoms with Crippen molar-refractivity contribution in [2.24, 2.45) is 0 Å². The zero-order chi connectivity index (χ0) is 33.0. The van der Waals surface area contributed by atoms with E-state index < -0.39 is 91.2 Å². The van der Waals surface area contributed by atoms with Gasteiger partial charge in [-0.3, -0.25) is 24.0 Å². The highest BCUT2D eigenvalue weighted by atomic mass is 16.8. The van der Waals surface area contributed by atoms with Crippen LogP contribution in [0, 0.1) is 0 Å². The molecule has 1 saturated heterocycles. The van der Waals surface area contributed by atoms with E-state index >= 15 is 0 Å². The molecule has 1 aliphatic rings. The van der Waals surface area contributed by atoms with Crippen LogP contribution < -0.4 is 5.32 Å². The summed E-state index contributed by atoms with van der Waals surface area (Å²) in [7, 11) is 0.962. The third-order valence-corrected chi connectivity index (χ3v) is 5.93. The number of ether oxygens (including phenoxy) is 8. The van der Waals surface area contributed by atoms with Gasteiger partial charge in [0, 0.05) is 34.6 Å². The molecule has 2 rings (SSSR count). The minimum absolute atomic E-state index is 0.182. The first-order chi connectivity index (χ1) is 20.7. The number of carbonyl (C=O) groups excluding carboxylic acids is 7. The highest BCUT2D eigenvalue weighted by molar-refractivity contribution is 5.82. The number of esters is 6. The van der Waals surface area contributed by atoms with Crippen LogP contribution in [-0.4, -0.2) is 91.9 Å². The van der Waals surface area contributed by atoms with Crippen molar-refractivity contribution in [1.29, 1.82) is 0 Å². The first-order valence-electron chi connectivity index (χ1n) is 13.3. The van der Waals surface area contributed by atoms with Crippen molar-refractivity contribution in [3.63, 3.8) is 0 Å². The lowest BCUT2D eigenvalue weighted by Gasteiger charge is -2.47. The van der Waals surface area contributed by atoms with Crippen LogP contribution in [0.15, 0.2) is 30.3 Å². The predicted molar refractivity (Wildman–Crippen MR) is 143 cm³/mol. The first kappa shape index (κ1) is 35.5. The van der Waals surface area contributed by atoms with E-state index in [-0.39, 0.29) is 6.61 Å². The average Bonchev–Trinajstić information content (AvgIpc) is 2.93. The fourth-order valence-electron chi connectivity index (χ4n) is 4.40. The minimum atomic E-state index is -2.61. The lowest BCUT2D eigenvalue weighted by molar-refractivity contribution is -0.303. The molecular weight excluding hydrogens is 590 g/mol. The Labute approximate surface area is 252 Å². The maximum atomic E-state index is 13.1. The van der Waals surface area contributed by atoms with Gasteiger partial charge in [0.1, 0.15) is 25.4 Å². The summed E-state index contributed by atoms with van der Waals surface area (Å²) in [5.74, 6) is -8.45. The predicted octanol–water partition coefficient (Wildman–Crippen LogP) is 0.861. The first-order valence-corrected chi connectivity index (χ1v) is 13.3. The second-order valence-electron chi connectivity index (χ2n) is 9.53. The Morgan fingerprint density at radius 3 is 2.02 bits per heavy atom. The third-order valence-electron chi connectivity index (χ3n) is 5.93. The second kappa shape index (κ2) is 16.2. The number of alkyl carbamates (subject to hydrolysis) is 1. The molecule has 1 aromatic carbocycles. The molecule has 44 heavy (non-hydrogen) atoms. The number of amides is 1. The van der Waals surface area contributed by atoms with Crippen molar-refractivity contribution in [2.45, 2.75) is 83.9 Å². The number of rotatable bonds is 12. The average molecular weight is 626 g/mol. The standard InChI is InChI=1S/C28H35NO15/c1-15(30)38-14-22(41-17(3)32)24(42-18(4)33)25-23(29-27(36)39-13-20-10-8-7-9-11-20)21(40-16(2)31)12-28(44-25,26(35)37-6)43-19(5)34/h7-11,21-25H,12-14H2,1-6H3,(H,29,36)/t21-,22+,23+,24+,25+,28-/m0/s1. The Bertz CT molecular complexity index is 1220. The molecule has 6 atom stereocenters. The summed E-state index contributed by atoms with van der Waals surface area (Å²) in [4.78, 5) is 86.4. The molecule has 0 saturated carbocycles. The second-order valence-corrected chi connectivity index (χ2v) is 9.53.